The van der Waals surface area contributed by atoms with Crippen LogP contribution < -0.4 is 5.32 Å². The third-order valence-corrected chi connectivity index (χ3v) is 6.04. The molecule has 2 aromatic carbocycles. The highest BCUT2D eigenvalue weighted by Crippen LogP contribution is 2.27. The monoisotopic (exact) mass is 391 g/mol. The van der Waals surface area contributed by atoms with Gasteiger partial charge in [0.05, 0.1) is 10.7 Å². The molecule has 1 aromatic heterocycles. The van der Waals surface area contributed by atoms with E-state index in [1.165, 1.54) is 42.8 Å². The maximum atomic E-state index is 12.8. The Hall–Kier alpha value is -2.50. The first-order valence-electron chi connectivity index (χ1n) is 9.80. The standard InChI is InChI=1S/C23H25N3OS/c1-17-25-21(20-7-3-2-4-8-20)22(28-17)23(27)24-15-18-9-11-19(12-10-18)16-26-13-5-6-14-26/h2-4,7-12H,5-6,13-16H2,1H3,(H,24,27). The molecule has 5 heteroatoms. The predicted octanol–water partition coefficient (Wildman–Crippen LogP) is 4.64. The van der Waals surface area contributed by atoms with Crippen LogP contribution in [-0.4, -0.2) is 28.9 Å². The van der Waals surface area contributed by atoms with Crippen LogP contribution in [0.3, 0.4) is 0 Å². The largest absolute Gasteiger partial charge is 0.347 e. The molecule has 0 atom stereocenters. The van der Waals surface area contributed by atoms with Crippen molar-refractivity contribution in [3.8, 4) is 11.3 Å². The number of carbonyl (C=O) groups is 1. The van der Waals surface area contributed by atoms with E-state index in [1.54, 1.807) is 0 Å². The lowest BCUT2D eigenvalue weighted by Gasteiger charge is -2.14. The Morgan fingerprint density at radius 2 is 1.71 bits per heavy atom. The SMILES string of the molecule is Cc1nc(-c2ccccc2)c(C(=O)NCc2ccc(CN3CCCC3)cc2)s1. The van der Waals surface area contributed by atoms with E-state index in [4.69, 9.17) is 0 Å². The van der Waals surface area contributed by atoms with Crippen molar-refractivity contribution in [2.24, 2.45) is 0 Å². The molecule has 28 heavy (non-hydrogen) atoms. The van der Waals surface area contributed by atoms with E-state index < -0.39 is 0 Å². The van der Waals surface area contributed by atoms with Gasteiger partial charge in [0.2, 0.25) is 0 Å². The second-order valence-corrected chi connectivity index (χ2v) is 8.46. The number of aryl methyl sites for hydroxylation is 1. The number of amides is 1. The lowest BCUT2D eigenvalue weighted by atomic mass is 10.1. The molecule has 4 nitrogen and oxygen atoms in total. The first kappa shape index (κ1) is 18.8. The maximum absolute atomic E-state index is 12.8. The molecule has 2 heterocycles. The normalized spacial score (nSPS) is 14.3. The molecule has 1 saturated heterocycles. The van der Waals surface area contributed by atoms with Crippen molar-refractivity contribution in [2.75, 3.05) is 13.1 Å². The summed E-state index contributed by atoms with van der Waals surface area (Å²) in [7, 11) is 0. The summed E-state index contributed by atoms with van der Waals surface area (Å²) < 4.78 is 0. The van der Waals surface area contributed by atoms with E-state index in [0.717, 1.165) is 28.4 Å². The van der Waals surface area contributed by atoms with Gasteiger partial charge in [-0.25, -0.2) is 4.98 Å². The summed E-state index contributed by atoms with van der Waals surface area (Å²) in [5, 5.41) is 3.95. The van der Waals surface area contributed by atoms with Gasteiger partial charge in [0.1, 0.15) is 4.88 Å². The third kappa shape index (κ3) is 4.49. The Morgan fingerprint density at radius 3 is 2.43 bits per heavy atom. The quantitative estimate of drug-likeness (QED) is 0.666. The lowest BCUT2D eigenvalue weighted by molar-refractivity contribution is 0.0955. The van der Waals surface area contributed by atoms with Crippen molar-refractivity contribution in [1.82, 2.24) is 15.2 Å². The number of nitrogens with zero attached hydrogens (tertiary/aromatic N) is 2. The zero-order valence-corrected chi connectivity index (χ0v) is 17.0. The average Bonchev–Trinajstić information content (AvgIpc) is 3.37. The van der Waals surface area contributed by atoms with Crippen LogP contribution in [0.2, 0.25) is 0 Å². The highest BCUT2D eigenvalue weighted by Gasteiger charge is 2.18. The van der Waals surface area contributed by atoms with Gasteiger partial charge in [0.15, 0.2) is 0 Å². The zero-order valence-electron chi connectivity index (χ0n) is 16.1. The molecule has 1 N–H and O–H groups in total. The summed E-state index contributed by atoms with van der Waals surface area (Å²) in [6.07, 6.45) is 2.62. The Kier molecular flexibility index (Phi) is 5.84. The molecule has 4 rings (SSSR count). The topological polar surface area (TPSA) is 45.2 Å². The van der Waals surface area contributed by atoms with E-state index in [-0.39, 0.29) is 5.91 Å². The zero-order chi connectivity index (χ0) is 19.3. The minimum absolute atomic E-state index is 0.0643. The summed E-state index contributed by atoms with van der Waals surface area (Å²) in [4.78, 5) is 20.5. The number of hydrogen-bond donors (Lipinski definition) is 1. The summed E-state index contributed by atoms with van der Waals surface area (Å²) in [5.74, 6) is -0.0643. The van der Waals surface area contributed by atoms with Gasteiger partial charge >= 0.3 is 0 Å². The lowest BCUT2D eigenvalue weighted by Crippen LogP contribution is -2.22. The van der Waals surface area contributed by atoms with Crippen molar-refractivity contribution in [1.29, 1.82) is 0 Å². The van der Waals surface area contributed by atoms with Gasteiger partial charge in [0.25, 0.3) is 5.91 Å². The van der Waals surface area contributed by atoms with Crippen LogP contribution in [0.15, 0.2) is 54.6 Å². The number of hydrogen-bond acceptors (Lipinski definition) is 4. The van der Waals surface area contributed by atoms with Crippen LogP contribution in [-0.2, 0) is 13.1 Å². The summed E-state index contributed by atoms with van der Waals surface area (Å²) in [6, 6.07) is 18.5. The van der Waals surface area contributed by atoms with Crippen molar-refractivity contribution < 1.29 is 4.79 Å². The van der Waals surface area contributed by atoms with Crippen molar-refractivity contribution in [2.45, 2.75) is 32.9 Å². The molecular formula is C23H25N3OS. The number of aromatic nitrogens is 1. The molecule has 0 spiro atoms. The second kappa shape index (κ2) is 8.67. The molecule has 144 valence electrons. The van der Waals surface area contributed by atoms with Crippen LogP contribution in [0.1, 0.15) is 38.6 Å². The molecule has 0 radical (unpaired) electrons. The minimum Gasteiger partial charge on any atom is -0.347 e. The number of rotatable bonds is 6. The van der Waals surface area contributed by atoms with Gasteiger partial charge in [-0.1, -0.05) is 54.6 Å². The van der Waals surface area contributed by atoms with Crippen LogP contribution in [0.5, 0.6) is 0 Å². The molecule has 0 aliphatic carbocycles. The molecular weight excluding hydrogens is 366 g/mol. The van der Waals surface area contributed by atoms with Gasteiger partial charge < -0.3 is 5.32 Å². The van der Waals surface area contributed by atoms with Crippen molar-refractivity contribution >= 4 is 17.2 Å². The Labute approximate surface area is 170 Å². The van der Waals surface area contributed by atoms with Gasteiger partial charge in [-0.15, -0.1) is 11.3 Å². The van der Waals surface area contributed by atoms with Crippen molar-refractivity contribution in [3.63, 3.8) is 0 Å². The Balaban J connectivity index is 1.39. The summed E-state index contributed by atoms with van der Waals surface area (Å²) >= 11 is 1.44. The number of carbonyl (C=O) groups excluding carboxylic acids is 1. The molecule has 1 aliphatic rings. The molecule has 1 aliphatic heterocycles. The number of benzene rings is 2. The van der Waals surface area contributed by atoms with Gasteiger partial charge in [-0.05, 0) is 44.0 Å². The van der Waals surface area contributed by atoms with Crippen LogP contribution in [0, 0.1) is 6.92 Å². The molecule has 1 amide bonds. The molecule has 3 aromatic rings. The second-order valence-electron chi connectivity index (χ2n) is 7.26. The highest BCUT2D eigenvalue weighted by atomic mass is 32.1. The van der Waals surface area contributed by atoms with E-state index in [2.05, 4.69) is 39.5 Å². The number of likely N-dealkylation sites (tertiary alicyclic amines) is 1. The fourth-order valence-corrected chi connectivity index (χ4v) is 4.45. The van der Waals surface area contributed by atoms with Crippen molar-refractivity contribution in [3.05, 3.63) is 75.6 Å². The summed E-state index contributed by atoms with van der Waals surface area (Å²) in [5.41, 5.74) is 4.19. The van der Waals surface area contributed by atoms with Gasteiger partial charge in [-0.3, -0.25) is 9.69 Å². The van der Waals surface area contributed by atoms with Crippen LogP contribution >= 0.6 is 11.3 Å². The maximum Gasteiger partial charge on any atom is 0.263 e. The number of nitrogens with one attached hydrogen (secondary N) is 1. The third-order valence-electron chi connectivity index (χ3n) is 5.07. The first-order valence-corrected chi connectivity index (χ1v) is 10.6. The molecule has 1 fully saturated rings. The smallest absolute Gasteiger partial charge is 0.263 e. The number of thiazole rings is 1. The van der Waals surface area contributed by atoms with Crippen LogP contribution in [0.4, 0.5) is 0 Å². The molecule has 0 bridgehead atoms. The van der Waals surface area contributed by atoms with E-state index >= 15 is 0 Å². The van der Waals surface area contributed by atoms with Gasteiger partial charge in [0, 0.05) is 18.7 Å². The van der Waals surface area contributed by atoms with Crippen LogP contribution in [0.25, 0.3) is 11.3 Å². The fraction of sp³-hybridized carbons (Fsp3) is 0.304. The fourth-order valence-electron chi connectivity index (χ4n) is 3.60. The Bertz CT molecular complexity index is 928. The Morgan fingerprint density at radius 1 is 1.04 bits per heavy atom. The molecule has 0 saturated carbocycles. The van der Waals surface area contributed by atoms with Gasteiger partial charge in [-0.2, -0.15) is 0 Å². The first-order chi connectivity index (χ1) is 13.7. The average molecular weight is 392 g/mol. The summed E-state index contributed by atoms with van der Waals surface area (Å²) in [6.45, 7) is 5.89. The van der Waals surface area contributed by atoms with E-state index in [0.29, 0.717) is 11.4 Å². The highest BCUT2D eigenvalue weighted by molar-refractivity contribution is 7.14. The van der Waals surface area contributed by atoms with E-state index in [9.17, 15) is 4.79 Å². The molecule has 0 unspecified atom stereocenters. The van der Waals surface area contributed by atoms with E-state index in [1.807, 2.05) is 37.3 Å². The minimum atomic E-state index is -0.0643. The predicted molar refractivity (Wildman–Crippen MR) is 114 cm³/mol.